The minimum atomic E-state index is 0.540. The van der Waals surface area contributed by atoms with Gasteiger partial charge < -0.3 is 9.64 Å². The summed E-state index contributed by atoms with van der Waals surface area (Å²) in [5.41, 5.74) is 1.99. The standard InChI is InChI=1S/C17H23N5OS/c1-12-10-19-17(24-3)21-15(12)23-11-14-5-8-22(9-6-14)16-18-7-4-13(2)20-16/h4,7,10,14H,5-6,8-9,11H2,1-3H3. The normalized spacial score (nSPS) is 15.5. The summed E-state index contributed by atoms with van der Waals surface area (Å²) < 4.78 is 5.96. The van der Waals surface area contributed by atoms with Gasteiger partial charge in [-0.25, -0.2) is 15.0 Å². The third-order valence-corrected chi connectivity index (χ3v) is 4.78. The largest absolute Gasteiger partial charge is 0.477 e. The predicted octanol–water partition coefficient (Wildman–Crippen LogP) is 2.90. The Bertz CT molecular complexity index is 688. The van der Waals surface area contributed by atoms with E-state index in [1.165, 1.54) is 11.8 Å². The number of piperidine rings is 1. The van der Waals surface area contributed by atoms with Crippen LogP contribution in [0.25, 0.3) is 0 Å². The van der Waals surface area contributed by atoms with E-state index in [1.807, 2.05) is 38.6 Å². The molecule has 0 amide bonds. The fourth-order valence-electron chi connectivity index (χ4n) is 2.74. The summed E-state index contributed by atoms with van der Waals surface area (Å²) in [4.78, 5) is 19.8. The minimum absolute atomic E-state index is 0.540. The monoisotopic (exact) mass is 345 g/mol. The van der Waals surface area contributed by atoms with Gasteiger partial charge in [0.2, 0.25) is 11.8 Å². The van der Waals surface area contributed by atoms with Crippen LogP contribution >= 0.6 is 11.8 Å². The van der Waals surface area contributed by atoms with Crippen LogP contribution in [0.3, 0.4) is 0 Å². The lowest BCUT2D eigenvalue weighted by Crippen LogP contribution is -2.36. The highest BCUT2D eigenvalue weighted by atomic mass is 32.2. The quantitative estimate of drug-likeness (QED) is 0.610. The topological polar surface area (TPSA) is 64.0 Å². The van der Waals surface area contributed by atoms with Gasteiger partial charge in [0.25, 0.3) is 0 Å². The third kappa shape index (κ3) is 4.14. The summed E-state index contributed by atoms with van der Waals surface area (Å²) in [5.74, 6) is 2.09. The van der Waals surface area contributed by atoms with E-state index in [4.69, 9.17) is 4.74 Å². The van der Waals surface area contributed by atoms with Crippen molar-refractivity contribution in [1.82, 2.24) is 19.9 Å². The molecule has 0 unspecified atom stereocenters. The summed E-state index contributed by atoms with van der Waals surface area (Å²) >= 11 is 1.53. The highest BCUT2D eigenvalue weighted by molar-refractivity contribution is 7.98. The lowest BCUT2D eigenvalue weighted by Gasteiger charge is -2.31. The zero-order chi connectivity index (χ0) is 16.9. The van der Waals surface area contributed by atoms with Gasteiger partial charge in [0.05, 0.1) is 6.61 Å². The molecule has 1 saturated heterocycles. The van der Waals surface area contributed by atoms with Crippen molar-refractivity contribution in [3.63, 3.8) is 0 Å². The molecular formula is C17H23N5OS. The van der Waals surface area contributed by atoms with Crippen LogP contribution in [0.5, 0.6) is 5.88 Å². The van der Waals surface area contributed by atoms with E-state index in [-0.39, 0.29) is 0 Å². The van der Waals surface area contributed by atoms with Gasteiger partial charge in [0.15, 0.2) is 5.16 Å². The molecular weight excluding hydrogens is 322 g/mol. The summed E-state index contributed by atoms with van der Waals surface area (Å²) in [5, 5.41) is 0.752. The molecule has 1 aliphatic rings. The van der Waals surface area contributed by atoms with E-state index in [2.05, 4.69) is 24.8 Å². The molecule has 7 heteroatoms. The zero-order valence-corrected chi connectivity index (χ0v) is 15.2. The molecule has 3 heterocycles. The Hall–Kier alpha value is -1.89. The van der Waals surface area contributed by atoms with Crippen LogP contribution in [0, 0.1) is 19.8 Å². The second-order valence-corrected chi connectivity index (χ2v) is 6.86. The van der Waals surface area contributed by atoms with Crippen molar-refractivity contribution in [2.24, 2.45) is 5.92 Å². The third-order valence-electron chi connectivity index (χ3n) is 4.22. The van der Waals surface area contributed by atoms with Crippen molar-refractivity contribution in [3.8, 4) is 5.88 Å². The number of nitrogens with zero attached hydrogens (tertiary/aromatic N) is 5. The van der Waals surface area contributed by atoms with Crippen molar-refractivity contribution >= 4 is 17.7 Å². The van der Waals surface area contributed by atoms with Gasteiger partial charge in [-0.2, -0.15) is 4.98 Å². The van der Waals surface area contributed by atoms with Gasteiger partial charge in [0, 0.05) is 36.7 Å². The number of aryl methyl sites for hydroxylation is 2. The van der Waals surface area contributed by atoms with Crippen molar-refractivity contribution in [2.45, 2.75) is 31.8 Å². The molecule has 0 aromatic carbocycles. The molecule has 1 aliphatic heterocycles. The van der Waals surface area contributed by atoms with Crippen LogP contribution in [-0.4, -0.2) is 45.9 Å². The average Bonchev–Trinajstić information content (AvgIpc) is 2.61. The molecule has 0 spiro atoms. The van der Waals surface area contributed by atoms with Gasteiger partial charge in [-0.15, -0.1) is 0 Å². The molecule has 6 nitrogen and oxygen atoms in total. The number of ether oxygens (including phenoxy) is 1. The van der Waals surface area contributed by atoms with Crippen molar-refractivity contribution in [1.29, 1.82) is 0 Å². The van der Waals surface area contributed by atoms with E-state index in [1.54, 1.807) is 0 Å². The first-order chi connectivity index (χ1) is 11.7. The zero-order valence-electron chi connectivity index (χ0n) is 14.4. The fraction of sp³-hybridized carbons (Fsp3) is 0.529. The first-order valence-electron chi connectivity index (χ1n) is 8.20. The average molecular weight is 345 g/mol. The number of rotatable bonds is 5. The van der Waals surface area contributed by atoms with Crippen LogP contribution in [0.15, 0.2) is 23.6 Å². The van der Waals surface area contributed by atoms with Crippen molar-refractivity contribution < 1.29 is 4.74 Å². The van der Waals surface area contributed by atoms with Gasteiger partial charge in [0.1, 0.15) is 0 Å². The fourth-order valence-corrected chi connectivity index (χ4v) is 3.07. The Morgan fingerprint density at radius 2 is 2.00 bits per heavy atom. The van der Waals surface area contributed by atoms with E-state index < -0.39 is 0 Å². The smallest absolute Gasteiger partial charge is 0.225 e. The second-order valence-electron chi connectivity index (χ2n) is 6.08. The molecule has 0 N–H and O–H groups in total. The van der Waals surface area contributed by atoms with E-state index >= 15 is 0 Å². The molecule has 0 aliphatic carbocycles. The van der Waals surface area contributed by atoms with E-state index in [0.29, 0.717) is 18.4 Å². The first kappa shape index (κ1) is 17.0. The number of aromatic nitrogens is 4. The predicted molar refractivity (Wildman–Crippen MR) is 95.8 cm³/mol. The summed E-state index contributed by atoms with van der Waals surface area (Å²) in [6, 6.07) is 1.93. The Labute approximate surface area is 147 Å². The molecule has 2 aromatic heterocycles. The Morgan fingerprint density at radius 1 is 1.21 bits per heavy atom. The lowest BCUT2D eigenvalue weighted by molar-refractivity contribution is 0.213. The Morgan fingerprint density at radius 3 is 2.71 bits per heavy atom. The molecule has 2 aromatic rings. The van der Waals surface area contributed by atoms with Crippen LogP contribution in [0.1, 0.15) is 24.1 Å². The number of anilines is 1. The lowest BCUT2D eigenvalue weighted by atomic mass is 9.98. The van der Waals surface area contributed by atoms with Gasteiger partial charge >= 0.3 is 0 Å². The maximum Gasteiger partial charge on any atom is 0.225 e. The SMILES string of the molecule is CSc1ncc(C)c(OCC2CCN(c3nccc(C)n3)CC2)n1. The van der Waals surface area contributed by atoms with Gasteiger partial charge in [-0.1, -0.05) is 11.8 Å². The highest BCUT2D eigenvalue weighted by Gasteiger charge is 2.22. The summed E-state index contributed by atoms with van der Waals surface area (Å²) in [7, 11) is 0. The molecule has 0 saturated carbocycles. The maximum atomic E-state index is 5.96. The Kier molecular flexibility index (Phi) is 5.50. The molecule has 0 bridgehead atoms. The maximum absolute atomic E-state index is 5.96. The Balaban J connectivity index is 1.52. The van der Waals surface area contributed by atoms with Crippen LogP contribution in [-0.2, 0) is 0 Å². The van der Waals surface area contributed by atoms with Crippen molar-refractivity contribution in [2.75, 3.05) is 30.9 Å². The molecule has 128 valence electrons. The molecule has 3 rings (SSSR count). The van der Waals surface area contributed by atoms with Gasteiger partial charge in [-0.3, -0.25) is 0 Å². The molecule has 0 atom stereocenters. The van der Waals surface area contributed by atoms with Crippen LogP contribution < -0.4 is 9.64 Å². The van der Waals surface area contributed by atoms with Crippen molar-refractivity contribution in [3.05, 3.63) is 29.7 Å². The van der Waals surface area contributed by atoms with Gasteiger partial charge in [-0.05, 0) is 44.9 Å². The van der Waals surface area contributed by atoms with E-state index in [9.17, 15) is 0 Å². The second kappa shape index (κ2) is 7.79. The van der Waals surface area contributed by atoms with E-state index in [0.717, 1.165) is 48.3 Å². The molecule has 0 radical (unpaired) electrons. The first-order valence-corrected chi connectivity index (χ1v) is 9.43. The number of thioether (sulfide) groups is 1. The molecule has 1 fully saturated rings. The summed E-state index contributed by atoms with van der Waals surface area (Å²) in [6.45, 7) is 6.62. The molecule has 24 heavy (non-hydrogen) atoms. The highest BCUT2D eigenvalue weighted by Crippen LogP contribution is 2.23. The van der Waals surface area contributed by atoms with Crippen LogP contribution in [0.4, 0.5) is 5.95 Å². The number of hydrogen-bond acceptors (Lipinski definition) is 7. The summed E-state index contributed by atoms with van der Waals surface area (Å²) in [6.07, 6.45) is 7.78. The minimum Gasteiger partial charge on any atom is -0.477 e. The number of hydrogen-bond donors (Lipinski definition) is 0. The van der Waals surface area contributed by atoms with Crippen LogP contribution in [0.2, 0.25) is 0 Å².